The third kappa shape index (κ3) is 14.8. The summed E-state index contributed by atoms with van der Waals surface area (Å²) in [6.07, 6.45) is -10.1. The summed E-state index contributed by atoms with van der Waals surface area (Å²) in [5, 5.41) is 4.28. The molecule has 0 aliphatic rings. The molecule has 2 N–H and O–H groups in total. The van der Waals surface area contributed by atoms with Crippen LogP contribution < -0.4 is 15.4 Å². The highest BCUT2D eigenvalue weighted by molar-refractivity contribution is 5.99. The molecule has 246 valence electrons. The number of carbonyl (C=O) groups is 2. The number of esters is 1. The summed E-state index contributed by atoms with van der Waals surface area (Å²) in [5.74, 6) is 0.293. The van der Waals surface area contributed by atoms with Crippen molar-refractivity contribution >= 4 is 23.4 Å². The zero-order valence-electron chi connectivity index (χ0n) is 26.5. The number of halogens is 6. The number of urea groups is 1. The van der Waals surface area contributed by atoms with E-state index in [1.54, 1.807) is 19.1 Å². The number of benzene rings is 3. The van der Waals surface area contributed by atoms with Crippen LogP contribution in [0.3, 0.4) is 0 Å². The van der Waals surface area contributed by atoms with Gasteiger partial charge in [-0.2, -0.15) is 26.3 Å². The average Bonchev–Trinajstić information content (AvgIpc) is 3.01. The molecule has 6 nitrogen and oxygen atoms in total. The Kier molecular flexibility index (Phi) is 20.4. The first-order chi connectivity index (χ1) is 20.8. The molecule has 0 radical (unpaired) electrons. The summed E-state index contributed by atoms with van der Waals surface area (Å²) in [6.45, 7) is 17.9. The third-order valence-corrected chi connectivity index (χ3v) is 4.56. The minimum Gasteiger partial charge on any atom is -0.462 e. The van der Waals surface area contributed by atoms with Crippen LogP contribution in [0.4, 0.5) is 42.5 Å². The third-order valence-electron chi connectivity index (χ3n) is 4.56. The van der Waals surface area contributed by atoms with E-state index in [2.05, 4.69) is 5.32 Å². The maximum absolute atomic E-state index is 13.0. The number of carbonyl (C=O) groups excluding carboxylic acids is 2. The molecule has 0 aliphatic heterocycles. The molecule has 2 amide bonds. The predicted octanol–water partition coefficient (Wildman–Crippen LogP) is 11.4. The van der Waals surface area contributed by atoms with E-state index in [0.717, 1.165) is 0 Å². The number of ether oxygens (including phenoxy) is 2. The van der Waals surface area contributed by atoms with Gasteiger partial charge in [-0.1, -0.05) is 55.4 Å². The van der Waals surface area contributed by atoms with E-state index in [4.69, 9.17) is 9.47 Å². The molecule has 3 aromatic rings. The molecule has 0 aliphatic carbocycles. The molecule has 3 aromatic carbocycles. The normalized spacial score (nSPS) is 9.98. The van der Waals surface area contributed by atoms with E-state index < -0.39 is 41.2 Å². The molecular weight excluding hydrogens is 590 g/mol. The van der Waals surface area contributed by atoms with Crippen LogP contribution in [0.2, 0.25) is 0 Å². The highest BCUT2D eigenvalue weighted by Gasteiger charge is 2.37. The molecule has 44 heavy (non-hydrogen) atoms. The van der Waals surface area contributed by atoms with Gasteiger partial charge in [-0.05, 0) is 73.7 Å². The molecule has 0 saturated carbocycles. The van der Waals surface area contributed by atoms with Crippen LogP contribution >= 0.6 is 0 Å². The Balaban J connectivity index is 0. The monoisotopic (exact) mass is 632 g/mol. The summed E-state index contributed by atoms with van der Waals surface area (Å²) in [7, 11) is 0. The summed E-state index contributed by atoms with van der Waals surface area (Å²) in [5.41, 5.74) is -3.24. The maximum atomic E-state index is 13.0. The Morgan fingerprint density at radius 2 is 1.00 bits per heavy atom. The van der Waals surface area contributed by atoms with Gasteiger partial charge in [0.15, 0.2) is 0 Å². The van der Waals surface area contributed by atoms with Crippen LogP contribution in [0.25, 0.3) is 0 Å². The summed E-state index contributed by atoms with van der Waals surface area (Å²) < 4.78 is 88.4. The van der Waals surface area contributed by atoms with E-state index >= 15 is 0 Å². The maximum Gasteiger partial charge on any atom is 0.416 e. The van der Waals surface area contributed by atoms with E-state index in [-0.39, 0.29) is 18.4 Å². The number of anilines is 2. The number of amides is 2. The van der Waals surface area contributed by atoms with Crippen molar-refractivity contribution < 1.29 is 45.4 Å². The molecule has 3 rings (SSSR count). The van der Waals surface area contributed by atoms with Gasteiger partial charge in [0.2, 0.25) is 0 Å². The van der Waals surface area contributed by atoms with Crippen LogP contribution in [0.15, 0.2) is 66.7 Å². The highest BCUT2D eigenvalue weighted by atomic mass is 19.4. The second kappa shape index (κ2) is 21.5. The van der Waals surface area contributed by atoms with Crippen molar-refractivity contribution in [3.05, 3.63) is 83.4 Å². The Labute approximate surface area is 255 Å². The molecule has 0 aromatic heterocycles. The Morgan fingerprint density at radius 1 is 0.614 bits per heavy atom. The second-order valence-electron chi connectivity index (χ2n) is 7.24. The zero-order chi connectivity index (χ0) is 34.5. The van der Waals surface area contributed by atoms with E-state index in [1.807, 2.05) is 60.7 Å². The summed E-state index contributed by atoms with van der Waals surface area (Å²) in [6, 6.07) is 11.6. The largest absolute Gasteiger partial charge is 0.462 e. The van der Waals surface area contributed by atoms with Crippen molar-refractivity contribution in [2.45, 2.75) is 74.7 Å². The van der Waals surface area contributed by atoms with Crippen molar-refractivity contribution in [2.75, 3.05) is 17.2 Å². The SMILES string of the molecule is CC.CC.CC.CC.CCOC(=O)c1ccc(Oc2ccc(NC(=O)Nc3cc(C(F)(F)F)cc(C(F)(F)F)c3)cc2)cc1. The number of hydrogen-bond acceptors (Lipinski definition) is 4. The highest BCUT2D eigenvalue weighted by Crippen LogP contribution is 2.37. The Morgan fingerprint density at radius 3 is 1.39 bits per heavy atom. The average molecular weight is 633 g/mol. The van der Waals surface area contributed by atoms with Crippen LogP contribution in [-0.4, -0.2) is 18.6 Å². The van der Waals surface area contributed by atoms with E-state index in [1.165, 1.54) is 36.4 Å². The smallest absolute Gasteiger partial charge is 0.416 e. The second-order valence-corrected chi connectivity index (χ2v) is 7.24. The fourth-order valence-corrected chi connectivity index (χ4v) is 2.94. The van der Waals surface area contributed by atoms with Gasteiger partial charge in [-0.25, -0.2) is 9.59 Å². The van der Waals surface area contributed by atoms with E-state index in [0.29, 0.717) is 29.2 Å². The van der Waals surface area contributed by atoms with Gasteiger partial charge < -0.3 is 20.1 Å². The van der Waals surface area contributed by atoms with Gasteiger partial charge in [0.05, 0.1) is 23.3 Å². The van der Waals surface area contributed by atoms with Gasteiger partial charge in [-0.15, -0.1) is 0 Å². The fraction of sp³-hybridized carbons (Fsp3) is 0.375. The van der Waals surface area contributed by atoms with Gasteiger partial charge in [0.25, 0.3) is 0 Å². The standard InChI is InChI=1S/C24H18F6N2O4.4C2H6/c1-2-35-21(33)14-3-7-19(8-4-14)36-20-9-5-17(6-10-20)31-22(34)32-18-12-15(23(25,26)27)11-16(13-18)24(28,29)30;4*1-2/h3-13H,2H2,1H3,(H2,31,32,34);4*1-2H3. The van der Waals surface area contributed by atoms with Gasteiger partial charge in [-0.3, -0.25) is 0 Å². The first-order valence-electron chi connectivity index (χ1n) is 14.3. The molecule has 12 heteroatoms. The fourth-order valence-electron chi connectivity index (χ4n) is 2.94. The number of rotatable bonds is 6. The van der Waals surface area contributed by atoms with E-state index in [9.17, 15) is 35.9 Å². The molecule has 0 unspecified atom stereocenters. The molecule has 0 atom stereocenters. The first-order valence-corrected chi connectivity index (χ1v) is 14.3. The van der Waals surface area contributed by atoms with Crippen molar-refractivity contribution in [3.8, 4) is 11.5 Å². The van der Waals surface area contributed by atoms with Crippen molar-refractivity contribution in [2.24, 2.45) is 0 Å². The molecule has 0 bridgehead atoms. The lowest BCUT2D eigenvalue weighted by Crippen LogP contribution is -2.20. The zero-order valence-corrected chi connectivity index (χ0v) is 26.5. The Hall–Kier alpha value is -4.22. The number of hydrogen-bond donors (Lipinski definition) is 2. The molecule has 0 spiro atoms. The van der Waals surface area contributed by atoms with Crippen LogP contribution in [0, 0.1) is 0 Å². The molecule has 0 fully saturated rings. The minimum atomic E-state index is -5.04. The van der Waals surface area contributed by atoms with Crippen LogP contribution in [0.1, 0.15) is 83.8 Å². The first kappa shape index (κ1) is 41.9. The van der Waals surface area contributed by atoms with Gasteiger partial charge in [0.1, 0.15) is 11.5 Å². The van der Waals surface area contributed by atoms with Crippen molar-refractivity contribution in [1.29, 1.82) is 0 Å². The van der Waals surface area contributed by atoms with Crippen molar-refractivity contribution in [3.63, 3.8) is 0 Å². The summed E-state index contributed by atoms with van der Waals surface area (Å²) >= 11 is 0. The molecule has 0 heterocycles. The van der Waals surface area contributed by atoms with Crippen LogP contribution in [-0.2, 0) is 17.1 Å². The molecule has 0 saturated heterocycles. The summed E-state index contributed by atoms with van der Waals surface area (Å²) in [4.78, 5) is 23.8. The minimum absolute atomic E-state index is 0.0355. The van der Waals surface area contributed by atoms with Crippen LogP contribution in [0.5, 0.6) is 11.5 Å². The lowest BCUT2D eigenvalue weighted by molar-refractivity contribution is -0.143. The van der Waals surface area contributed by atoms with Crippen molar-refractivity contribution in [1.82, 2.24) is 0 Å². The predicted molar refractivity (Wildman–Crippen MR) is 163 cm³/mol. The lowest BCUT2D eigenvalue weighted by atomic mass is 10.1. The topological polar surface area (TPSA) is 76.7 Å². The van der Waals surface area contributed by atoms with Gasteiger partial charge in [0, 0.05) is 11.4 Å². The number of nitrogens with one attached hydrogen (secondary N) is 2. The quantitative estimate of drug-likeness (QED) is 0.209. The Bertz CT molecular complexity index is 1200. The lowest BCUT2D eigenvalue weighted by Gasteiger charge is -2.15. The molecular formula is C32H42F6N2O4. The number of alkyl halides is 6. The van der Waals surface area contributed by atoms with Gasteiger partial charge >= 0.3 is 24.4 Å².